The molecule has 5 nitrogen and oxygen atoms in total. The van der Waals surface area contributed by atoms with E-state index in [9.17, 15) is 4.39 Å². The van der Waals surface area contributed by atoms with Gasteiger partial charge in [0, 0.05) is 13.1 Å². The number of halogens is 1. The quantitative estimate of drug-likeness (QED) is 0.224. The second-order valence-corrected chi connectivity index (χ2v) is 11.8. The highest BCUT2D eigenvalue weighted by Gasteiger charge is 2.20. The summed E-state index contributed by atoms with van der Waals surface area (Å²) in [4.78, 5) is 5.11. The number of allylic oxidation sites excluding steroid dienone is 1. The van der Waals surface area contributed by atoms with Crippen molar-refractivity contribution in [1.29, 1.82) is 0 Å². The van der Waals surface area contributed by atoms with E-state index < -0.39 is 13.9 Å². The van der Waals surface area contributed by atoms with E-state index in [0.29, 0.717) is 17.2 Å². The summed E-state index contributed by atoms with van der Waals surface area (Å²) >= 11 is 0. The Bertz CT molecular complexity index is 1160. The molecule has 3 aromatic rings. The van der Waals surface area contributed by atoms with Crippen LogP contribution in [0.2, 0.25) is 13.1 Å². The van der Waals surface area contributed by atoms with Gasteiger partial charge in [-0.2, -0.15) is 5.10 Å². The molecule has 7 heteroatoms. The molecule has 0 aliphatic heterocycles. The lowest BCUT2D eigenvalue weighted by atomic mass is 10.3. The third kappa shape index (κ3) is 6.19. The molecular weight excluding hydrogens is 421 g/mol. The van der Waals surface area contributed by atoms with Crippen LogP contribution in [-0.2, 0) is 11.9 Å². The molecule has 0 spiro atoms. The van der Waals surface area contributed by atoms with Gasteiger partial charge in [0.2, 0.25) is 5.88 Å². The zero-order valence-electron chi connectivity index (χ0n) is 18.7. The van der Waals surface area contributed by atoms with Crippen molar-refractivity contribution < 1.29 is 14.0 Å². The number of aromatic nitrogens is 2. The maximum absolute atomic E-state index is 14.1. The normalized spacial score (nSPS) is 11.8. The fourth-order valence-electron chi connectivity index (χ4n) is 2.98. The Hall–Kier alpha value is -3.63. The molecule has 0 aliphatic carbocycles. The van der Waals surface area contributed by atoms with Gasteiger partial charge in [-0.15, -0.1) is 5.54 Å². The zero-order chi connectivity index (χ0) is 23.0. The van der Waals surface area contributed by atoms with Crippen LogP contribution in [-0.4, -0.2) is 30.7 Å². The van der Waals surface area contributed by atoms with E-state index in [1.165, 1.54) is 17.5 Å². The van der Waals surface area contributed by atoms with Gasteiger partial charge in [-0.25, -0.2) is 9.07 Å². The predicted octanol–water partition coefficient (Wildman–Crippen LogP) is 4.88. The average Bonchev–Trinajstić information content (AvgIpc) is 3.04. The minimum atomic E-state index is -1.94. The fourth-order valence-corrected chi connectivity index (χ4v) is 4.58. The van der Waals surface area contributed by atoms with Gasteiger partial charge in [0.1, 0.15) is 11.6 Å². The molecule has 0 atom stereocenters. The molecule has 0 amide bonds. The van der Waals surface area contributed by atoms with Crippen LogP contribution in [0.4, 0.5) is 4.39 Å². The molecule has 0 fully saturated rings. The maximum atomic E-state index is 14.1. The molecule has 32 heavy (non-hydrogen) atoms. The number of rotatable bonds is 7. The van der Waals surface area contributed by atoms with Crippen LogP contribution in [0.25, 0.3) is 0 Å². The predicted molar refractivity (Wildman–Crippen MR) is 129 cm³/mol. The first kappa shape index (κ1) is 23.0. The van der Waals surface area contributed by atoms with Crippen LogP contribution in [0, 0.1) is 18.4 Å². The molecule has 0 N–H and O–H groups in total. The standard InChI is InChI=1S/C25H26FN3O2Si/c1-20-24(25(29(2)28-20)31-22-13-7-5-8-14-22)18-27-30-19-21(26)12-11-17-32(3,4)23-15-9-6-10-16-23/h5-10,12-16,18H,19H2,1-4H3. The van der Waals surface area contributed by atoms with Gasteiger partial charge in [-0.1, -0.05) is 72.7 Å². The average molecular weight is 448 g/mol. The van der Waals surface area contributed by atoms with Crippen molar-refractivity contribution in [1.82, 2.24) is 9.78 Å². The molecule has 0 bridgehead atoms. The highest BCUT2D eigenvalue weighted by Crippen LogP contribution is 2.25. The Morgan fingerprint density at radius 1 is 1.12 bits per heavy atom. The Kier molecular flexibility index (Phi) is 7.63. The highest BCUT2D eigenvalue weighted by atomic mass is 28.3. The van der Waals surface area contributed by atoms with Gasteiger partial charge in [0.25, 0.3) is 0 Å². The Morgan fingerprint density at radius 3 is 2.47 bits per heavy atom. The molecule has 3 rings (SSSR count). The van der Waals surface area contributed by atoms with Crippen molar-refractivity contribution in [3.05, 3.63) is 83.8 Å². The molecule has 1 aromatic heterocycles. The van der Waals surface area contributed by atoms with Crippen molar-refractivity contribution in [3.8, 4) is 23.1 Å². The number of nitrogens with zero attached hydrogens (tertiary/aromatic N) is 3. The first-order chi connectivity index (χ1) is 15.4. The zero-order valence-corrected chi connectivity index (χ0v) is 19.7. The van der Waals surface area contributed by atoms with Crippen LogP contribution in [0.3, 0.4) is 0 Å². The van der Waals surface area contributed by atoms with Gasteiger partial charge in [-0.3, -0.25) is 0 Å². The number of hydrogen-bond acceptors (Lipinski definition) is 4. The minimum Gasteiger partial charge on any atom is -0.439 e. The van der Waals surface area contributed by atoms with E-state index in [0.717, 1.165) is 5.69 Å². The molecule has 0 radical (unpaired) electrons. The highest BCUT2D eigenvalue weighted by molar-refractivity contribution is 6.96. The third-order valence-electron chi connectivity index (χ3n) is 4.74. The summed E-state index contributed by atoms with van der Waals surface area (Å²) in [5.74, 6) is 3.56. The summed E-state index contributed by atoms with van der Waals surface area (Å²) in [5, 5.41) is 9.45. The van der Waals surface area contributed by atoms with Crippen molar-refractivity contribution >= 4 is 19.5 Å². The summed E-state index contributed by atoms with van der Waals surface area (Å²) in [6, 6.07) is 19.5. The molecule has 0 saturated carbocycles. The molecule has 1 heterocycles. The Morgan fingerprint density at radius 2 is 1.78 bits per heavy atom. The largest absolute Gasteiger partial charge is 0.439 e. The second kappa shape index (κ2) is 10.6. The summed E-state index contributed by atoms with van der Waals surface area (Å²) in [5.41, 5.74) is 4.60. The Balaban J connectivity index is 1.61. The first-order valence-corrected chi connectivity index (χ1v) is 13.2. The van der Waals surface area contributed by atoms with Crippen molar-refractivity contribution in [3.63, 3.8) is 0 Å². The van der Waals surface area contributed by atoms with Crippen LogP contribution in [0.1, 0.15) is 11.3 Å². The van der Waals surface area contributed by atoms with Crippen LogP contribution >= 0.6 is 0 Å². The lowest BCUT2D eigenvalue weighted by molar-refractivity contribution is 0.154. The van der Waals surface area contributed by atoms with Crippen LogP contribution < -0.4 is 9.92 Å². The van der Waals surface area contributed by atoms with E-state index in [4.69, 9.17) is 9.57 Å². The van der Waals surface area contributed by atoms with E-state index >= 15 is 0 Å². The van der Waals surface area contributed by atoms with Gasteiger partial charge in [0.15, 0.2) is 14.7 Å². The molecule has 2 aromatic carbocycles. The minimum absolute atomic E-state index is 0.299. The number of benzene rings is 2. The Labute approximate surface area is 189 Å². The number of ether oxygens (including phenoxy) is 1. The topological polar surface area (TPSA) is 48.6 Å². The fraction of sp³-hybridized carbons (Fsp3) is 0.200. The molecule has 0 unspecified atom stereocenters. The number of para-hydroxylation sites is 1. The number of oxime groups is 1. The SMILES string of the molecule is Cc1nn(C)c(Oc2ccccc2)c1C=NOCC(F)=CC#C[Si](C)(C)c1ccccc1. The monoisotopic (exact) mass is 447 g/mol. The van der Waals surface area contributed by atoms with Gasteiger partial charge in [-0.05, 0) is 24.2 Å². The smallest absolute Gasteiger partial charge is 0.226 e. The van der Waals surface area contributed by atoms with Crippen molar-refractivity contribution in [2.45, 2.75) is 20.0 Å². The summed E-state index contributed by atoms with van der Waals surface area (Å²) in [7, 11) is -0.155. The third-order valence-corrected chi connectivity index (χ3v) is 7.29. The van der Waals surface area contributed by atoms with Crippen molar-refractivity contribution in [2.75, 3.05) is 6.61 Å². The molecular formula is C25H26FN3O2Si. The van der Waals surface area contributed by atoms with Gasteiger partial charge in [0.05, 0.1) is 17.5 Å². The van der Waals surface area contributed by atoms with E-state index in [2.05, 4.69) is 46.9 Å². The lowest BCUT2D eigenvalue weighted by Crippen LogP contribution is -2.39. The summed E-state index contributed by atoms with van der Waals surface area (Å²) in [6.45, 7) is 5.81. The molecule has 164 valence electrons. The van der Waals surface area contributed by atoms with E-state index in [1.54, 1.807) is 11.7 Å². The second-order valence-electron chi connectivity index (χ2n) is 7.70. The van der Waals surface area contributed by atoms with Crippen molar-refractivity contribution in [2.24, 2.45) is 12.2 Å². The van der Waals surface area contributed by atoms with E-state index in [-0.39, 0.29) is 6.61 Å². The van der Waals surface area contributed by atoms with Crippen LogP contribution in [0.15, 0.2) is 77.7 Å². The number of hydrogen-bond donors (Lipinski definition) is 0. The lowest BCUT2D eigenvalue weighted by Gasteiger charge is -2.14. The van der Waals surface area contributed by atoms with Gasteiger partial charge >= 0.3 is 0 Å². The van der Waals surface area contributed by atoms with E-state index in [1.807, 2.05) is 55.5 Å². The maximum Gasteiger partial charge on any atom is 0.226 e. The molecule has 0 saturated heterocycles. The summed E-state index contributed by atoms with van der Waals surface area (Å²) in [6.07, 6.45) is 2.72. The summed E-state index contributed by atoms with van der Waals surface area (Å²) < 4.78 is 21.6. The van der Waals surface area contributed by atoms with Gasteiger partial charge < -0.3 is 9.57 Å². The number of aryl methyl sites for hydroxylation is 2. The molecule has 0 aliphatic rings. The van der Waals surface area contributed by atoms with Crippen LogP contribution in [0.5, 0.6) is 11.6 Å². The first-order valence-electron chi connectivity index (χ1n) is 10.2.